The fourth-order valence-corrected chi connectivity index (χ4v) is 1.63. The van der Waals surface area contributed by atoms with Gasteiger partial charge in [-0.05, 0) is 17.7 Å². The SMILES string of the molecule is COc1cc(CNC(=O)NCCC(=O)O)ccc1OCC(F)(F)F. The lowest BCUT2D eigenvalue weighted by Gasteiger charge is -2.14. The number of alkyl halides is 3. The number of aliphatic carboxylic acids is 1. The Morgan fingerprint density at radius 3 is 2.50 bits per heavy atom. The molecule has 0 heterocycles. The number of urea groups is 1. The minimum Gasteiger partial charge on any atom is -0.493 e. The molecule has 1 aromatic rings. The number of benzene rings is 1. The highest BCUT2D eigenvalue weighted by Gasteiger charge is 2.29. The maximum absolute atomic E-state index is 12.2. The van der Waals surface area contributed by atoms with Crippen LogP contribution in [0, 0.1) is 0 Å². The standard InChI is InChI=1S/C14H17F3N2O5/c1-23-11-6-9(2-3-10(11)24-8-14(15,16)17)7-19-13(22)18-5-4-12(20)21/h2-3,6H,4-5,7-8H2,1H3,(H,20,21)(H2,18,19,22). The monoisotopic (exact) mass is 350 g/mol. The average Bonchev–Trinajstić information content (AvgIpc) is 2.50. The van der Waals surface area contributed by atoms with Crippen molar-refractivity contribution < 1.29 is 37.3 Å². The van der Waals surface area contributed by atoms with Gasteiger partial charge in [0.2, 0.25) is 0 Å². The number of hydrogen-bond donors (Lipinski definition) is 3. The summed E-state index contributed by atoms with van der Waals surface area (Å²) in [7, 11) is 1.28. The Labute approximate surface area is 135 Å². The van der Waals surface area contributed by atoms with Gasteiger partial charge in [0.15, 0.2) is 18.1 Å². The highest BCUT2D eigenvalue weighted by Crippen LogP contribution is 2.29. The van der Waals surface area contributed by atoms with Crippen LogP contribution in [-0.4, -0.2) is 43.5 Å². The van der Waals surface area contributed by atoms with Crippen LogP contribution in [0.3, 0.4) is 0 Å². The van der Waals surface area contributed by atoms with Crippen LogP contribution in [0.2, 0.25) is 0 Å². The first-order valence-corrected chi connectivity index (χ1v) is 6.81. The molecule has 0 spiro atoms. The number of amides is 2. The van der Waals surface area contributed by atoms with E-state index in [-0.39, 0.29) is 31.0 Å². The van der Waals surface area contributed by atoms with Crippen LogP contribution >= 0.6 is 0 Å². The lowest BCUT2D eigenvalue weighted by Crippen LogP contribution is -2.36. The normalized spacial score (nSPS) is 10.8. The minimum absolute atomic E-state index is 0.0191. The third-order valence-corrected chi connectivity index (χ3v) is 2.70. The molecular weight excluding hydrogens is 333 g/mol. The topological polar surface area (TPSA) is 96.9 Å². The van der Waals surface area contributed by atoms with E-state index in [1.54, 1.807) is 0 Å². The zero-order valence-electron chi connectivity index (χ0n) is 12.8. The number of ether oxygens (including phenoxy) is 2. The minimum atomic E-state index is -4.46. The molecule has 0 aliphatic heterocycles. The number of carboxylic acid groups (broad SMARTS) is 1. The Kier molecular flexibility index (Phi) is 7.15. The Morgan fingerprint density at radius 2 is 1.92 bits per heavy atom. The molecule has 10 heteroatoms. The molecule has 0 unspecified atom stereocenters. The number of carbonyl (C=O) groups is 2. The Bertz CT molecular complexity index is 578. The van der Waals surface area contributed by atoms with Crippen LogP contribution in [0.5, 0.6) is 11.5 Å². The predicted molar refractivity (Wildman–Crippen MR) is 77.0 cm³/mol. The van der Waals surface area contributed by atoms with Gasteiger partial charge in [-0.3, -0.25) is 4.79 Å². The highest BCUT2D eigenvalue weighted by atomic mass is 19.4. The second-order valence-corrected chi connectivity index (χ2v) is 4.64. The smallest absolute Gasteiger partial charge is 0.422 e. The summed E-state index contributed by atoms with van der Waals surface area (Å²) in [4.78, 5) is 21.7. The predicted octanol–water partition coefficient (Wildman–Crippen LogP) is 1.91. The number of carbonyl (C=O) groups excluding carboxylic acids is 1. The quantitative estimate of drug-likeness (QED) is 0.665. The average molecular weight is 350 g/mol. The third-order valence-electron chi connectivity index (χ3n) is 2.70. The van der Waals surface area contributed by atoms with Crippen LogP contribution in [-0.2, 0) is 11.3 Å². The summed E-state index contributed by atoms with van der Waals surface area (Å²) in [6.45, 7) is -1.38. The van der Waals surface area contributed by atoms with Crippen molar-refractivity contribution in [2.24, 2.45) is 0 Å². The molecule has 0 radical (unpaired) electrons. The van der Waals surface area contributed by atoms with E-state index >= 15 is 0 Å². The zero-order chi connectivity index (χ0) is 18.2. The zero-order valence-corrected chi connectivity index (χ0v) is 12.8. The number of methoxy groups -OCH3 is 1. The second-order valence-electron chi connectivity index (χ2n) is 4.64. The van der Waals surface area contributed by atoms with Crippen molar-refractivity contribution in [2.75, 3.05) is 20.3 Å². The van der Waals surface area contributed by atoms with Crippen molar-refractivity contribution in [1.29, 1.82) is 0 Å². The van der Waals surface area contributed by atoms with Gasteiger partial charge >= 0.3 is 18.2 Å². The lowest BCUT2D eigenvalue weighted by atomic mass is 10.2. The maximum Gasteiger partial charge on any atom is 0.422 e. The largest absolute Gasteiger partial charge is 0.493 e. The van der Waals surface area contributed by atoms with Crippen molar-refractivity contribution >= 4 is 12.0 Å². The Hall–Kier alpha value is -2.65. The molecule has 2 amide bonds. The first kappa shape index (κ1) is 19.4. The number of rotatable bonds is 8. The van der Waals surface area contributed by atoms with E-state index in [4.69, 9.17) is 9.84 Å². The molecule has 0 saturated carbocycles. The fourth-order valence-electron chi connectivity index (χ4n) is 1.63. The lowest BCUT2D eigenvalue weighted by molar-refractivity contribution is -0.153. The van der Waals surface area contributed by atoms with Crippen molar-refractivity contribution in [3.63, 3.8) is 0 Å². The highest BCUT2D eigenvalue weighted by molar-refractivity contribution is 5.75. The van der Waals surface area contributed by atoms with Crippen molar-refractivity contribution in [3.8, 4) is 11.5 Å². The van der Waals surface area contributed by atoms with Crippen LogP contribution in [0.25, 0.3) is 0 Å². The molecule has 0 saturated heterocycles. The molecule has 0 aliphatic carbocycles. The summed E-state index contributed by atoms with van der Waals surface area (Å²) in [6, 6.07) is 3.66. The summed E-state index contributed by atoms with van der Waals surface area (Å²) in [5, 5.41) is 13.3. The summed E-state index contributed by atoms with van der Waals surface area (Å²) in [5.41, 5.74) is 0.569. The van der Waals surface area contributed by atoms with Gasteiger partial charge in [0, 0.05) is 13.1 Å². The van der Waals surface area contributed by atoms with Gasteiger partial charge in [0.1, 0.15) is 0 Å². The van der Waals surface area contributed by atoms with Crippen LogP contribution in [0.4, 0.5) is 18.0 Å². The molecule has 1 rings (SSSR count). The van der Waals surface area contributed by atoms with Crippen molar-refractivity contribution in [2.45, 2.75) is 19.1 Å². The van der Waals surface area contributed by atoms with Crippen LogP contribution in [0.15, 0.2) is 18.2 Å². The second kappa shape index (κ2) is 8.85. The molecule has 1 aromatic carbocycles. The van der Waals surface area contributed by atoms with Gasteiger partial charge in [0.05, 0.1) is 13.5 Å². The summed E-state index contributed by atoms with van der Waals surface area (Å²) >= 11 is 0. The first-order chi connectivity index (χ1) is 11.2. The summed E-state index contributed by atoms with van der Waals surface area (Å²) < 4.78 is 46.1. The molecule has 0 fully saturated rings. The van der Waals surface area contributed by atoms with Gasteiger partial charge in [0.25, 0.3) is 0 Å². The molecule has 0 bridgehead atoms. The molecule has 134 valence electrons. The van der Waals surface area contributed by atoms with E-state index in [0.717, 1.165) is 0 Å². The molecule has 7 nitrogen and oxygen atoms in total. The van der Waals surface area contributed by atoms with Crippen molar-refractivity contribution in [1.82, 2.24) is 10.6 Å². The van der Waals surface area contributed by atoms with Crippen LogP contribution in [0.1, 0.15) is 12.0 Å². The van der Waals surface area contributed by atoms with E-state index in [9.17, 15) is 22.8 Å². The van der Waals surface area contributed by atoms with Crippen molar-refractivity contribution in [3.05, 3.63) is 23.8 Å². The van der Waals surface area contributed by atoms with Crippen LogP contribution < -0.4 is 20.1 Å². The van der Waals surface area contributed by atoms with E-state index in [1.165, 1.54) is 25.3 Å². The molecule has 0 atom stereocenters. The Morgan fingerprint density at radius 1 is 1.21 bits per heavy atom. The maximum atomic E-state index is 12.2. The van der Waals surface area contributed by atoms with E-state index in [0.29, 0.717) is 5.56 Å². The third kappa shape index (κ3) is 7.56. The molecule has 0 aromatic heterocycles. The van der Waals surface area contributed by atoms with Gasteiger partial charge in [-0.2, -0.15) is 13.2 Å². The molecular formula is C14H17F3N2O5. The number of hydrogen-bond acceptors (Lipinski definition) is 4. The number of nitrogens with one attached hydrogen (secondary N) is 2. The van der Waals surface area contributed by atoms with E-state index in [1.807, 2.05) is 0 Å². The van der Waals surface area contributed by atoms with E-state index < -0.39 is 24.8 Å². The van der Waals surface area contributed by atoms with E-state index in [2.05, 4.69) is 15.4 Å². The molecule has 24 heavy (non-hydrogen) atoms. The first-order valence-electron chi connectivity index (χ1n) is 6.81. The van der Waals surface area contributed by atoms with Gasteiger partial charge < -0.3 is 25.2 Å². The number of carboxylic acids is 1. The number of halogens is 3. The molecule has 0 aliphatic rings. The van der Waals surface area contributed by atoms with Gasteiger partial charge in [-0.25, -0.2) is 4.79 Å². The summed E-state index contributed by atoms with van der Waals surface area (Å²) in [5.74, 6) is -0.996. The fraction of sp³-hybridized carbons (Fsp3) is 0.429. The Balaban J connectivity index is 2.54. The van der Waals surface area contributed by atoms with Gasteiger partial charge in [-0.15, -0.1) is 0 Å². The summed E-state index contributed by atoms with van der Waals surface area (Å²) in [6.07, 6.45) is -4.66. The van der Waals surface area contributed by atoms with Gasteiger partial charge in [-0.1, -0.05) is 6.07 Å². The molecule has 3 N–H and O–H groups in total.